The van der Waals surface area contributed by atoms with Gasteiger partial charge in [0.2, 0.25) is 0 Å². The van der Waals surface area contributed by atoms with Gasteiger partial charge in [-0.25, -0.2) is 0 Å². The van der Waals surface area contributed by atoms with Crippen LogP contribution in [0.1, 0.15) is 5.56 Å². The van der Waals surface area contributed by atoms with E-state index in [0.717, 1.165) is 0 Å². The molecule has 0 bridgehead atoms. The number of aliphatic carboxylic acids is 1. The van der Waals surface area contributed by atoms with E-state index in [2.05, 4.69) is 16.1 Å². The Morgan fingerprint density at radius 1 is 1.58 bits per heavy atom. The van der Waals surface area contributed by atoms with Gasteiger partial charge in [-0.05, 0) is 5.56 Å². The second-order valence-electron chi connectivity index (χ2n) is 4.04. The molecule has 0 saturated carbocycles. The van der Waals surface area contributed by atoms with Crippen molar-refractivity contribution in [3.8, 4) is 0 Å². The van der Waals surface area contributed by atoms with Gasteiger partial charge >= 0.3 is 5.97 Å². The lowest BCUT2D eigenvalue weighted by Crippen LogP contribution is -2.32. The number of carboxylic acid groups (broad SMARTS) is 1. The van der Waals surface area contributed by atoms with Gasteiger partial charge in [0.1, 0.15) is 11.6 Å². The molecule has 0 radical (unpaired) electrons. The minimum atomic E-state index is -1.11. The Kier molecular flexibility index (Phi) is 3.54. The van der Waals surface area contributed by atoms with Crippen LogP contribution < -0.4 is 5.73 Å². The summed E-state index contributed by atoms with van der Waals surface area (Å²) in [5.74, 6) is -1.11. The lowest BCUT2D eigenvalue weighted by atomic mass is 10.1. The summed E-state index contributed by atoms with van der Waals surface area (Å²) < 4.78 is 1.43. The molecule has 1 atom stereocenters. The van der Waals surface area contributed by atoms with Crippen LogP contribution in [-0.4, -0.2) is 25.6 Å². The summed E-state index contributed by atoms with van der Waals surface area (Å²) in [5, 5.41) is 20.4. The molecule has 0 aliphatic heterocycles. The zero-order valence-corrected chi connectivity index (χ0v) is 11.2. The number of para-hydroxylation sites is 1. The monoisotopic (exact) mass is 327 g/mol. The first-order valence-corrected chi connectivity index (χ1v) is 6.04. The third-order valence-electron chi connectivity index (χ3n) is 2.80. The molecule has 0 saturated heterocycles. The molecular formula is C11H10BrN3O4. The number of nitrogens with two attached hydrogens (primary N) is 1. The number of halogens is 1. The molecule has 0 aliphatic carbocycles. The van der Waals surface area contributed by atoms with E-state index in [1.807, 2.05) is 0 Å². The van der Waals surface area contributed by atoms with Crippen molar-refractivity contribution in [2.24, 2.45) is 5.73 Å². The summed E-state index contributed by atoms with van der Waals surface area (Å²) >= 11 is 3.19. The molecule has 0 amide bonds. The van der Waals surface area contributed by atoms with Gasteiger partial charge in [-0.2, -0.15) is 0 Å². The number of hydrogen-bond donors (Lipinski definition) is 2. The van der Waals surface area contributed by atoms with Gasteiger partial charge in [0.25, 0.3) is 5.69 Å². The van der Waals surface area contributed by atoms with E-state index in [1.165, 1.54) is 9.66 Å². The summed E-state index contributed by atoms with van der Waals surface area (Å²) in [4.78, 5) is 21.2. The lowest BCUT2D eigenvalue weighted by molar-refractivity contribution is -0.383. The van der Waals surface area contributed by atoms with Gasteiger partial charge in [0.05, 0.1) is 21.1 Å². The number of hydrogen-bond acceptors (Lipinski definition) is 4. The fourth-order valence-corrected chi connectivity index (χ4v) is 2.54. The van der Waals surface area contributed by atoms with Crippen LogP contribution in [0.25, 0.3) is 10.9 Å². The highest BCUT2D eigenvalue weighted by Gasteiger charge is 2.21. The van der Waals surface area contributed by atoms with E-state index >= 15 is 0 Å². The third-order valence-corrected chi connectivity index (χ3v) is 3.36. The van der Waals surface area contributed by atoms with Gasteiger partial charge in [0.15, 0.2) is 0 Å². The lowest BCUT2D eigenvalue weighted by Gasteiger charge is -2.04. The van der Waals surface area contributed by atoms with Crippen molar-refractivity contribution in [3.05, 3.63) is 40.1 Å². The standard InChI is InChI=1S/C11H10BrN3O4/c12-14-5-6(4-8(13)11(16)17)7-2-1-3-9(10(7)14)15(18)19/h1-3,5,8H,4,13H2,(H,16,17). The van der Waals surface area contributed by atoms with Crippen LogP contribution in [0.5, 0.6) is 0 Å². The Bertz CT molecular complexity index is 667. The van der Waals surface area contributed by atoms with Crippen LogP contribution in [0.3, 0.4) is 0 Å². The Morgan fingerprint density at radius 3 is 2.84 bits per heavy atom. The summed E-state index contributed by atoms with van der Waals surface area (Å²) in [6.07, 6.45) is 1.70. The molecule has 1 unspecified atom stereocenters. The maximum Gasteiger partial charge on any atom is 0.320 e. The van der Waals surface area contributed by atoms with Crippen LogP contribution in [0.2, 0.25) is 0 Å². The van der Waals surface area contributed by atoms with E-state index < -0.39 is 16.9 Å². The number of fused-ring (bicyclic) bond motifs is 1. The number of aromatic nitrogens is 1. The summed E-state index contributed by atoms with van der Waals surface area (Å²) in [6.45, 7) is 0. The van der Waals surface area contributed by atoms with E-state index in [4.69, 9.17) is 10.8 Å². The first kappa shape index (κ1) is 13.5. The zero-order valence-electron chi connectivity index (χ0n) is 9.62. The summed E-state index contributed by atoms with van der Waals surface area (Å²) in [6, 6.07) is 3.60. The Balaban J connectivity index is 2.57. The second kappa shape index (κ2) is 4.98. The number of rotatable bonds is 4. The topological polar surface area (TPSA) is 111 Å². The van der Waals surface area contributed by atoms with Gasteiger partial charge < -0.3 is 10.8 Å². The predicted molar refractivity (Wildman–Crippen MR) is 72.2 cm³/mol. The smallest absolute Gasteiger partial charge is 0.320 e. The Labute approximate surface area is 116 Å². The molecular weight excluding hydrogens is 318 g/mol. The molecule has 2 rings (SSSR count). The van der Waals surface area contributed by atoms with E-state index in [0.29, 0.717) is 16.5 Å². The molecule has 2 aromatic rings. The first-order valence-electron chi connectivity index (χ1n) is 5.33. The average molecular weight is 328 g/mol. The maximum atomic E-state index is 11.0. The number of nitro groups is 1. The average Bonchev–Trinajstić information content (AvgIpc) is 2.66. The van der Waals surface area contributed by atoms with Crippen molar-refractivity contribution < 1.29 is 14.8 Å². The van der Waals surface area contributed by atoms with Crippen molar-refractivity contribution in [2.45, 2.75) is 12.5 Å². The number of carbonyl (C=O) groups is 1. The normalized spacial score (nSPS) is 12.5. The number of carboxylic acids is 1. The SMILES string of the molecule is NC(Cc1cn(Br)c2c([N+](=O)[O-])cccc12)C(=O)O. The molecule has 0 fully saturated rings. The maximum absolute atomic E-state index is 11.0. The third kappa shape index (κ3) is 2.45. The van der Waals surface area contributed by atoms with Crippen LogP contribution in [-0.2, 0) is 11.2 Å². The number of nitrogens with zero attached hydrogens (tertiary/aromatic N) is 2. The molecule has 19 heavy (non-hydrogen) atoms. The fraction of sp³-hybridized carbons (Fsp3) is 0.182. The van der Waals surface area contributed by atoms with E-state index in [1.54, 1.807) is 18.3 Å². The Morgan fingerprint density at radius 2 is 2.26 bits per heavy atom. The number of nitro benzene ring substituents is 1. The molecule has 1 aromatic carbocycles. The van der Waals surface area contributed by atoms with Crippen LogP contribution in [0, 0.1) is 10.1 Å². The van der Waals surface area contributed by atoms with Crippen LogP contribution >= 0.6 is 16.1 Å². The largest absolute Gasteiger partial charge is 0.480 e. The van der Waals surface area contributed by atoms with Gasteiger partial charge in [0, 0.05) is 24.1 Å². The highest BCUT2D eigenvalue weighted by atomic mass is 79.9. The molecule has 3 N–H and O–H groups in total. The zero-order chi connectivity index (χ0) is 14.2. The number of non-ortho nitro benzene ring substituents is 1. The quantitative estimate of drug-likeness (QED) is 0.655. The van der Waals surface area contributed by atoms with Crippen molar-refractivity contribution in [3.63, 3.8) is 0 Å². The predicted octanol–water partition coefficient (Wildman–Crippen LogP) is 1.66. The van der Waals surface area contributed by atoms with Crippen LogP contribution in [0.15, 0.2) is 24.4 Å². The fourth-order valence-electron chi connectivity index (χ4n) is 1.92. The molecule has 0 spiro atoms. The second-order valence-corrected chi connectivity index (χ2v) is 4.81. The molecule has 1 heterocycles. The van der Waals surface area contributed by atoms with Crippen molar-refractivity contribution in [1.82, 2.24) is 3.59 Å². The summed E-state index contributed by atoms with van der Waals surface area (Å²) in [7, 11) is 0. The molecule has 8 heteroatoms. The van der Waals surface area contributed by atoms with Crippen LogP contribution in [0.4, 0.5) is 5.69 Å². The molecule has 100 valence electrons. The number of benzene rings is 1. The van der Waals surface area contributed by atoms with E-state index in [-0.39, 0.29) is 12.1 Å². The molecule has 7 nitrogen and oxygen atoms in total. The minimum Gasteiger partial charge on any atom is -0.480 e. The van der Waals surface area contributed by atoms with Crippen molar-refractivity contribution in [1.29, 1.82) is 0 Å². The van der Waals surface area contributed by atoms with Gasteiger partial charge in [-0.1, -0.05) is 12.1 Å². The summed E-state index contributed by atoms with van der Waals surface area (Å²) in [5.41, 5.74) is 6.47. The first-order chi connectivity index (χ1) is 8.91. The van der Waals surface area contributed by atoms with E-state index in [9.17, 15) is 14.9 Å². The highest BCUT2D eigenvalue weighted by molar-refractivity contribution is 9.08. The minimum absolute atomic E-state index is 0.0514. The highest BCUT2D eigenvalue weighted by Crippen LogP contribution is 2.31. The van der Waals surface area contributed by atoms with Gasteiger partial charge in [-0.15, -0.1) is 0 Å². The van der Waals surface area contributed by atoms with Gasteiger partial charge in [-0.3, -0.25) is 18.5 Å². The van der Waals surface area contributed by atoms with Crippen molar-refractivity contribution >= 4 is 38.7 Å². The Hall–Kier alpha value is -1.93. The van der Waals surface area contributed by atoms with Crippen molar-refractivity contribution in [2.75, 3.05) is 0 Å². The molecule has 1 aromatic heterocycles. The molecule has 0 aliphatic rings.